The van der Waals surface area contributed by atoms with Crippen molar-refractivity contribution in [3.05, 3.63) is 100 Å². The van der Waals surface area contributed by atoms with E-state index in [4.69, 9.17) is 10.5 Å². The van der Waals surface area contributed by atoms with Crippen LogP contribution in [0.25, 0.3) is 0 Å². The molecule has 0 fully saturated rings. The smallest absolute Gasteiger partial charge is 0.240 e. The molecule has 3 N–H and O–H groups in total. The lowest BCUT2D eigenvalue weighted by atomic mass is 9.92. The van der Waals surface area contributed by atoms with Gasteiger partial charge in [0.1, 0.15) is 5.75 Å². The second-order valence-electron chi connectivity index (χ2n) is 8.96. The standard InChI is InChI=1S/C28H32N2O3/c1-19-12-25(31)13-20(2)26(19)15-27(29)28(32)30-16-23-11-7-6-10-22(23)14-24(30)18-33-17-21-8-4-3-5-9-21/h3-13,24,27,31H,14-18,29H2,1-2H3/t24?,27-/m0/s1. The zero-order valence-electron chi connectivity index (χ0n) is 19.3. The highest BCUT2D eigenvalue weighted by molar-refractivity contribution is 5.82. The first-order chi connectivity index (χ1) is 15.9. The van der Waals surface area contributed by atoms with Crippen LogP contribution in [0.15, 0.2) is 66.7 Å². The van der Waals surface area contributed by atoms with E-state index in [1.54, 1.807) is 12.1 Å². The number of ether oxygens (including phenoxy) is 1. The van der Waals surface area contributed by atoms with Crippen molar-refractivity contribution in [3.63, 3.8) is 0 Å². The van der Waals surface area contributed by atoms with Gasteiger partial charge in [-0.2, -0.15) is 0 Å². The fourth-order valence-corrected chi connectivity index (χ4v) is 4.69. The van der Waals surface area contributed by atoms with Crippen molar-refractivity contribution in [1.29, 1.82) is 0 Å². The van der Waals surface area contributed by atoms with Crippen molar-refractivity contribution in [2.45, 2.75) is 51.9 Å². The molecule has 0 aliphatic carbocycles. The number of nitrogens with two attached hydrogens (primary N) is 1. The number of amides is 1. The third-order valence-electron chi connectivity index (χ3n) is 6.48. The number of hydrogen-bond acceptors (Lipinski definition) is 4. The normalized spacial score (nSPS) is 16.3. The van der Waals surface area contributed by atoms with Gasteiger partial charge >= 0.3 is 0 Å². The summed E-state index contributed by atoms with van der Waals surface area (Å²) < 4.78 is 6.04. The van der Waals surface area contributed by atoms with Crippen molar-refractivity contribution >= 4 is 5.91 Å². The molecule has 1 unspecified atom stereocenters. The molecule has 33 heavy (non-hydrogen) atoms. The number of phenols is 1. The Kier molecular flexibility index (Phi) is 7.11. The quantitative estimate of drug-likeness (QED) is 0.577. The number of carbonyl (C=O) groups is 1. The molecule has 0 bridgehead atoms. The van der Waals surface area contributed by atoms with Crippen LogP contribution in [0.5, 0.6) is 5.75 Å². The zero-order valence-corrected chi connectivity index (χ0v) is 19.3. The van der Waals surface area contributed by atoms with E-state index < -0.39 is 6.04 Å². The third kappa shape index (κ3) is 5.44. The average Bonchev–Trinajstić information content (AvgIpc) is 2.81. The zero-order chi connectivity index (χ0) is 23.4. The maximum atomic E-state index is 13.5. The number of nitrogens with zero attached hydrogens (tertiary/aromatic N) is 1. The number of hydrogen-bond donors (Lipinski definition) is 2. The maximum absolute atomic E-state index is 13.5. The summed E-state index contributed by atoms with van der Waals surface area (Å²) in [6.45, 7) is 5.39. The summed E-state index contributed by atoms with van der Waals surface area (Å²) in [5.74, 6) is 0.168. The van der Waals surface area contributed by atoms with Gasteiger partial charge in [0.15, 0.2) is 0 Å². The summed E-state index contributed by atoms with van der Waals surface area (Å²) in [5.41, 5.74) is 12.9. The van der Waals surface area contributed by atoms with Gasteiger partial charge in [-0.25, -0.2) is 0 Å². The Morgan fingerprint density at radius 3 is 2.39 bits per heavy atom. The van der Waals surface area contributed by atoms with E-state index in [-0.39, 0.29) is 17.7 Å². The lowest BCUT2D eigenvalue weighted by molar-refractivity contribution is -0.137. The molecule has 0 saturated heterocycles. The number of phenolic OH excluding ortho intramolecular Hbond substituents is 1. The van der Waals surface area contributed by atoms with Crippen LogP contribution in [-0.4, -0.2) is 34.6 Å². The SMILES string of the molecule is Cc1cc(O)cc(C)c1C[C@H](N)C(=O)N1Cc2ccccc2CC1COCc1ccccc1. The first-order valence-corrected chi connectivity index (χ1v) is 11.5. The van der Waals surface area contributed by atoms with Crippen molar-refractivity contribution in [2.24, 2.45) is 5.73 Å². The maximum Gasteiger partial charge on any atom is 0.240 e. The van der Waals surface area contributed by atoms with E-state index in [2.05, 4.69) is 12.1 Å². The van der Waals surface area contributed by atoms with Crippen LogP contribution in [0.3, 0.4) is 0 Å². The van der Waals surface area contributed by atoms with Crippen LogP contribution in [-0.2, 0) is 35.5 Å². The molecule has 0 saturated carbocycles. The predicted molar refractivity (Wildman–Crippen MR) is 130 cm³/mol. The van der Waals surface area contributed by atoms with E-state index in [0.29, 0.717) is 26.2 Å². The monoisotopic (exact) mass is 444 g/mol. The van der Waals surface area contributed by atoms with Gasteiger partial charge < -0.3 is 20.5 Å². The Morgan fingerprint density at radius 1 is 1.06 bits per heavy atom. The molecule has 1 aliphatic rings. The van der Waals surface area contributed by atoms with Gasteiger partial charge in [-0.3, -0.25) is 4.79 Å². The molecule has 5 heteroatoms. The van der Waals surface area contributed by atoms with Gasteiger partial charge in [-0.1, -0.05) is 54.6 Å². The lowest BCUT2D eigenvalue weighted by Gasteiger charge is -2.38. The largest absolute Gasteiger partial charge is 0.508 e. The molecule has 1 aliphatic heterocycles. The van der Waals surface area contributed by atoms with Gasteiger partial charge in [0.25, 0.3) is 0 Å². The van der Waals surface area contributed by atoms with Crippen molar-refractivity contribution in [1.82, 2.24) is 4.90 Å². The number of fused-ring (bicyclic) bond motifs is 1. The summed E-state index contributed by atoms with van der Waals surface area (Å²) in [5, 5.41) is 9.84. The summed E-state index contributed by atoms with van der Waals surface area (Å²) >= 11 is 0. The van der Waals surface area contributed by atoms with Gasteiger partial charge in [0.2, 0.25) is 5.91 Å². The fraction of sp³-hybridized carbons (Fsp3) is 0.321. The molecule has 5 nitrogen and oxygen atoms in total. The summed E-state index contributed by atoms with van der Waals surface area (Å²) in [6, 6.07) is 21.0. The molecule has 2 atom stereocenters. The first-order valence-electron chi connectivity index (χ1n) is 11.5. The molecule has 1 heterocycles. The van der Waals surface area contributed by atoms with Crippen LogP contribution < -0.4 is 5.73 Å². The summed E-state index contributed by atoms with van der Waals surface area (Å²) in [7, 11) is 0. The van der Waals surface area contributed by atoms with Crippen LogP contribution >= 0.6 is 0 Å². The molecule has 4 rings (SSSR count). The highest BCUT2D eigenvalue weighted by Gasteiger charge is 2.32. The molecule has 0 radical (unpaired) electrons. The van der Waals surface area contributed by atoms with Gasteiger partial charge in [0, 0.05) is 6.54 Å². The Morgan fingerprint density at radius 2 is 1.70 bits per heavy atom. The Bertz CT molecular complexity index is 1090. The lowest BCUT2D eigenvalue weighted by Crippen LogP contribution is -2.53. The second kappa shape index (κ2) is 10.2. The topological polar surface area (TPSA) is 75.8 Å². The van der Waals surface area contributed by atoms with Crippen molar-refractivity contribution in [3.8, 4) is 5.75 Å². The number of aromatic hydroxyl groups is 1. The molecular weight excluding hydrogens is 412 g/mol. The highest BCUT2D eigenvalue weighted by atomic mass is 16.5. The molecule has 3 aromatic carbocycles. The molecule has 0 aromatic heterocycles. The minimum atomic E-state index is -0.658. The van der Waals surface area contributed by atoms with Crippen molar-refractivity contribution < 1.29 is 14.6 Å². The number of benzene rings is 3. The van der Waals surface area contributed by atoms with Crippen LogP contribution in [0, 0.1) is 13.8 Å². The van der Waals surface area contributed by atoms with Gasteiger partial charge in [-0.05, 0) is 72.2 Å². The second-order valence-corrected chi connectivity index (χ2v) is 8.96. The van der Waals surface area contributed by atoms with E-state index in [1.807, 2.05) is 61.2 Å². The third-order valence-corrected chi connectivity index (χ3v) is 6.48. The molecule has 3 aromatic rings. The minimum Gasteiger partial charge on any atom is -0.508 e. The average molecular weight is 445 g/mol. The van der Waals surface area contributed by atoms with Crippen LogP contribution in [0.4, 0.5) is 0 Å². The van der Waals surface area contributed by atoms with E-state index >= 15 is 0 Å². The number of aryl methyl sites for hydroxylation is 2. The summed E-state index contributed by atoms with van der Waals surface area (Å²) in [4.78, 5) is 15.4. The Hall–Kier alpha value is -3.15. The number of rotatable bonds is 7. The van der Waals surface area contributed by atoms with Gasteiger partial charge in [-0.15, -0.1) is 0 Å². The molecular formula is C28H32N2O3. The molecule has 0 spiro atoms. The van der Waals surface area contributed by atoms with E-state index in [0.717, 1.165) is 34.2 Å². The Balaban J connectivity index is 1.50. The van der Waals surface area contributed by atoms with Gasteiger partial charge in [0.05, 0.1) is 25.3 Å². The Labute approximate surface area is 195 Å². The summed E-state index contributed by atoms with van der Waals surface area (Å²) in [6.07, 6.45) is 1.19. The predicted octanol–water partition coefficient (Wildman–Crippen LogP) is 4.05. The van der Waals surface area contributed by atoms with Crippen LogP contribution in [0.2, 0.25) is 0 Å². The first kappa shape index (κ1) is 23.0. The minimum absolute atomic E-state index is 0.0651. The highest BCUT2D eigenvalue weighted by Crippen LogP contribution is 2.26. The van der Waals surface area contributed by atoms with Crippen LogP contribution in [0.1, 0.15) is 33.4 Å². The number of carbonyl (C=O) groups excluding carboxylic acids is 1. The molecule has 172 valence electrons. The van der Waals surface area contributed by atoms with E-state index in [9.17, 15) is 9.90 Å². The fourth-order valence-electron chi connectivity index (χ4n) is 4.69. The van der Waals surface area contributed by atoms with Crippen molar-refractivity contribution in [2.75, 3.05) is 6.61 Å². The van der Waals surface area contributed by atoms with E-state index in [1.165, 1.54) is 5.56 Å². The molecule has 1 amide bonds.